The summed E-state index contributed by atoms with van der Waals surface area (Å²) in [5.74, 6) is 2.27. The average molecular weight is 290 g/mol. The Hall–Kier alpha value is -1.75. The normalized spacial score (nSPS) is 24.4. The van der Waals surface area contributed by atoms with Crippen LogP contribution in [0.25, 0.3) is 0 Å². The van der Waals surface area contributed by atoms with Crippen LogP contribution in [-0.4, -0.2) is 38.8 Å². The van der Waals surface area contributed by atoms with Gasteiger partial charge in [0.05, 0.1) is 5.56 Å². The molecule has 1 aromatic rings. The highest BCUT2D eigenvalue weighted by Gasteiger charge is 2.24. The molecule has 2 aliphatic heterocycles. The fourth-order valence-corrected chi connectivity index (χ4v) is 2.94. The number of nitrogens with one attached hydrogen (secondary N) is 2. The molecule has 0 aliphatic carbocycles. The number of para-hydroxylation sites is 1. The van der Waals surface area contributed by atoms with Crippen LogP contribution in [0.3, 0.4) is 0 Å². The minimum atomic E-state index is -0.0805. The summed E-state index contributed by atoms with van der Waals surface area (Å²) in [5.41, 5.74) is 0.564. The maximum atomic E-state index is 12.4. The van der Waals surface area contributed by atoms with Crippen LogP contribution >= 0.6 is 0 Å². The molecular formula is C16H22N2O3. The van der Waals surface area contributed by atoms with E-state index >= 15 is 0 Å². The molecule has 114 valence electrons. The number of hydrogen-bond donors (Lipinski definition) is 2. The summed E-state index contributed by atoms with van der Waals surface area (Å²) in [5, 5.41) is 6.42. The van der Waals surface area contributed by atoms with Crippen molar-refractivity contribution in [2.24, 2.45) is 11.8 Å². The van der Waals surface area contributed by atoms with Crippen molar-refractivity contribution in [3.05, 3.63) is 23.8 Å². The molecule has 3 rings (SSSR count). The van der Waals surface area contributed by atoms with Gasteiger partial charge in [-0.2, -0.15) is 0 Å². The van der Waals surface area contributed by atoms with Gasteiger partial charge in [-0.15, -0.1) is 0 Å². The zero-order valence-electron chi connectivity index (χ0n) is 12.4. The molecule has 0 radical (unpaired) electrons. The van der Waals surface area contributed by atoms with Crippen LogP contribution in [0.5, 0.6) is 11.5 Å². The van der Waals surface area contributed by atoms with Crippen molar-refractivity contribution < 1.29 is 14.3 Å². The first-order chi connectivity index (χ1) is 10.3. The zero-order valence-corrected chi connectivity index (χ0v) is 12.4. The lowest BCUT2D eigenvalue weighted by Crippen LogP contribution is -2.41. The van der Waals surface area contributed by atoms with Gasteiger partial charge in [-0.25, -0.2) is 0 Å². The number of fused-ring (bicyclic) bond motifs is 1. The first-order valence-corrected chi connectivity index (χ1v) is 7.63. The molecule has 0 bridgehead atoms. The average Bonchev–Trinajstić information content (AvgIpc) is 2.53. The van der Waals surface area contributed by atoms with Gasteiger partial charge in [-0.1, -0.05) is 13.0 Å². The van der Waals surface area contributed by atoms with E-state index < -0.39 is 0 Å². The van der Waals surface area contributed by atoms with Gasteiger partial charge in [0.15, 0.2) is 11.5 Å². The van der Waals surface area contributed by atoms with Crippen molar-refractivity contribution in [2.45, 2.75) is 13.3 Å². The van der Waals surface area contributed by atoms with Gasteiger partial charge in [-0.3, -0.25) is 4.79 Å². The predicted molar refractivity (Wildman–Crippen MR) is 79.9 cm³/mol. The molecule has 2 N–H and O–H groups in total. The monoisotopic (exact) mass is 290 g/mol. The third-order valence-electron chi connectivity index (χ3n) is 4.30. The highest BCUT2D eigenvalue weighted by molar-refractivity contribution is 5.97. The smallest absolute Gasteiger partial charge is 0.255 e. The van der Waals surface area contributed by atoms with Crippen LogP contribution in [0.15, 0.2) is 18.2 Å². The number of hydrogen-bond acceptors (Lipinski definition) is 4. The third-order valence-corrected chi connectivity index (χ3v) is 4.30. The van der Waals surface area contributed by atoms with Crippen LogP contribution in [0.4, 0.5) is 0 Å². The number of piperidine rings is 1. The van der Waals surface area contributed by atoms with Crippen molar-refractivity contribution in [2.75, 3.05) is 32.8 Å². The van der Waals surface area contributed by atoms with Crippen LogP contribution in [-0.2, 0) is 0 Å². The van der Waals surface area contributed by atoms with Crippen molar-refractivity contribution in [1.82, 2.24) is 10.6 Å². The fourth-order valence-electron chi connectivity index (χ4n) is 2.94. The van der Waals surface area contributed by atoms with Crippen LogP contribution < -0.4 is 20.1 Å². The van der Waals surface area contributed by atoms with Gasteiger partial charge in [0.2, 0.25) is 0 Å². The Bertz CT molecular complexity index is 518. The molecule has 5 heteroatoms. The van der Waals surface area contributed by atoms with E-state index in [4.69, 9.17) is 9.47 Å². The molecular weight excluding hydrogens is 268 g/mol. The third kappa shape index (κ3) is 3.13. The van der Waals surface area contributed by atoms with Gasteiger partial charge in [0.25, 0.3) is 5.91 Å². The van der Waals surface area contributed by atoms with Crippen LogP contribution in [0.2, 0.25) is 0 Å². The van der Waals surface area contributed by atoms with Crippen molar-refractivity contribution in [3.63, 3.8) is 0 Å². The molecule has 1 saturated heterocycles. The number of benzene rings is 1. The number of ether oxygens (including phenoxy) is 2. The van der Waals surface area contributed by atoms with Crippen LogP contribution in [0.1, 0.15) is 23.7 Å². The van der Waals surface area contributed by atoms with E-state index in [1.165, 1.54) is 0 Å². The van der Waals surface area contributed by atoms with E-state index in [1.54, 1.807) is 6.07 Å². The van der Waals surface area contributed by atoms with Gasteiger partial charge in [-0.05, 0) is 43.5 Å². The zero-order chi connectivity index (χ0) is 14.7. The van der Waals surface area contributed by atoms with Gasteiger partial charge >= 0.3 is 0 Å². The lowest BCUT2D eigenvalue weighted by molar-refractivity contribution is 0.0927. The second-order valence-corrected chi connectivity index (χ2v) is 5.77. The number of carbonyl (C=O) groups excluding carboxylic acids is 1. The van der Waals surface area contributed by atoms with Gasteiger partial charge in [0, 0.05) is 6.54 Å². The summed E-state index contributed by atoms with van der Waals surface area (Å²) in [6.45, 7) is 6.02. The van der Waals surface area contributed by atoms with Crippen molar-refractivity contribution in [3.8, 4) is 11.5 Å². The molecule has 2 aliphatic rings. The highest BCUT2D eigenvalue weighted by atomic mass is 16.6. The molecule has 2 heterocycles. The van der Waals surface area contributed by atoms with Crippen LogP contribution in [0, 0.1) is 11.8 Å². The van der Waals surface area contributed by atoms with E-state index in [0.29, 0.717) is 48.7 Å². The summed E-state index contributed by atoms with van der Waals surface area (Å²) >= 11 is 0. The summed E-state index contributed by atoms with van der Waals surface area (Å²) in [4.78, 5) is 12.4. The Balaban J connectivity index is 1.65. The highest BCUT2D eigenvalue weighted by Crippen LogP contribution is 2.33. The van der Waals surface area contributed by atoms with Crippen molar-refractivity contribution >= 4 is 5.91 Å². The molecule has 1 aromatic carbocycles. The minimum Gasteiger partial charge on any atom is -0.486 e. The first-order valence-electron chi connectivity index (χ1n) is 7.63. The number of rotatable bonds is 3. The molecule has 0 saturated carbocycles. The SMILES string of the molecule is CC1CNCCC1CNC(=O)c1cccc2c1OCCO2. The largest absolute Gasteiger partial charge is 0.486 e. The lowest BCUT2D eigenvalue weighted by Gasteiger charge is -2.29. The number of amides is 1. The Kier molecular flexibility index (Phi) is 4.29. The standard InChI is InChI=1S/C16H22N2O3/c1-11-9-17-6-5-12(11)10-18-16(19)13-3-2-4-14-15(13)21-8-7-20-14/h2-4,11-12,17H,5-10H2,1H3,(H,18,19). The quantitative estimate of drug-likeness (QED) is 0.884. The topological polar surface area (TPSA) is 59.6 Å². The Morgan fingerprint density at radius 2 is 2.24 bits per heavy atom. The molecule has 5 nitrogen and oxygen atoms in total. The second-order valence-electron chi connectivity index (χ2n) is 5.77. The summed E-state index contributed by atoms with van der Waals surface area (Å²) in [6, 6.07) is 5.45. The molecule has 2 unspecified atom stereocenters. The Morgan fingerprint density at radius 3 is 3.10 bits per heavy atom. The molecule has 21 heavy (non-hydrogen) atoms. The van der Waals surface area contributed by atoms with E-state index in [-0.39, 0.29) is 5.91 Å². The van der Waals surface area contributed by atoms with E-state index in [2.05, 4.69) is 17.6 Å². The van der Waals surface area contributed by atoms with Gasteiger partial charge in [0.1, 0.15) is 13.2 Å². The Labute approximate surface area is 125 Å². The second kappa shape index (κ2) is 6.35. The molecule has 0 aromatic heterocycles. The van der Waals surface area contributed by atoms with Gasteiger partial charge < -0.3 is 20.1 Å². The Morgan fingerprint density at radius 1 is 1.38 bits per heavy atom. The molecule has 1 fully saturated rings. The summed E-state index contributed by atoms with van der Waals surface area (Å²) in [7, 11) is 0. The summed E-state index contributed by atoms with van der Waals surface area (Å²) in [6.07, 6.45) is 1.11. The van der Waals surface area contributed by atoms with E-state index in [1.807, 2.05) is 12.1 Å². The van der Waals surface area contributed by atoms with E-state index in [9.17, 15) is 4.79 Å². The predicted octanol–water partition coefficient (Wildman–Crippen LogP) is 1.43. The number of carbonyl (C=O) groups is 1. The first kappa shape index (κ1) is 14.2. The summed E-state index contributed by atoms with van der Waals surface area (Å²) < 4.78 is 11.1. The maximum absolute atomic E-state index is 12.4. The molecule has 2 atom stereocenters. The minimum absolute atomic E-state index is 0.0805. The lowest BCUT2D eigenvalue weighted by atomic mass is 9.88. The fraction of sp³-hybridized carbons (Fsp3) is 0.562. The molecule has 1 amide bonds. The van der Waals surface area contributed by atoms with Crippen molar-refractivity contribution in [1.29, 1.82) is 0 Å². The van der Waals surface area contributed by atoms with E-state index in [0.717, 1.165) is 19.5 Å². The molecule has 0 spiro atoms. The maximum Gasteiger partial charge on any atom is 0.255 e.